The van der Waals surface area contributed by atoms with Gasteiger partial charge in [-0.15, -0.1) is 0 Å². The summed E-state index contributed by atoms with van der Waals surface area (Å²) >= 11 is 0. The van der Waals surface area contributed by atoms with Crippen LogP contribution in [0, 0.1) is 35.7 Å². The zero-order valence-electron chi connectivity index (χ0n) is 20.5. The quantitative estimate of drug-likeness (QED) is 0.300. The number of nitro benzene ring substituents is 1. The van der Waals surface area contributed by atoms with Crippen molar-refractivity contribution in [2.24, 2.45) is 5.92 Å². The van der Waals surface area contributed by atoms with E-state index in [2.05, 4.69) is 10.2 Å². The lowest BCUT2D eigenvalue weighted by Gasteiger charge is -2.37. The van der Waals surface area contributed by atoms with Crippen molar-refractivity contribution in [3.05, 3.63) is 104 Å². The van der Waals surface area contributed by atoms with E-state index in [0.717, 1.165) is 40.8 Å². The monoisotopic (exact) mass is 499 g/mol. The van der Waals surface area contributed by atoms with Crippen LogP contribution in [0.3, 0.4) is 0 Å². The zero-order valence-corrected chi connectivity index (χ0v) is 20.5. The molecule has 3 unspecified atom stereocenters. The van der Waals surface area contributed by atoms with E-state index in [1.165, 1.54) is 36.4 Å². The number of ketones is 1. The number of halogens is 1. The molecule has 2 fully saturated rings. The number of nitrogens with zero attached hydrogens (tertiary/aromatic N) is 2. The van der Waals surface area contributed by atoms with Crippen LogP contribution < -0.4 is 5.32 Å². The number of hydrogen-bond acceptors (Lipinski definition) is 5. The highest BCUT2D eigenvalue weighted by atomic mass is 19.1. The predicted molar refractivity (Wildman–Crippen MR) is 136 cm³/mol. The lowest BCUT2D eigenvalue weighted by atomic mass is 9.68. The molecule has 0 bridgehead atoms. The van der Waals surface area contributed by atoms with Gasteiger partial charge in [-0.1, -0.05) is 29.8 Å². The lowest BCUT2D eigenvalue weighted by Crippen LogP contribution is -2.52. The van der Waals surface area contributed by atoms with E-state index in [-0.39, 0.29) is 29.3 Å². The first kappa shape index (κ1) is 23.5. The van der Waals surface area contributed by atoms with Crippen molar-refractivity contribution in [3.8, 4) is 0 Å². The van der Waals surface area contributed by atoms with E-state index >= 15 is 0 Å². The van der Waals surface area contributed by atoms with Crippen LogP contribution >= 0.6 is 0 Å². The number of nitrogens with one attached hydrogen (secondary N) is 1. The maximum absolute atomic E-state index is 14.4. The highest BCUT2D eigenvalue weighted by molar-refractivity contribution is 6.13. The van der Waals surface area contributed by atoms with Gasteiger partial charge in [-0.05, 0) is 68.6 Å². The minimum absolute atomic E-state index is 0.0312. The van der Waals surface area contributed by atoms with E-state index in [4.69, 9.17) is 0 Å². The van der Waals surface area contributed by atoms with Gasteiger partial charge < -0.3 is 5.32 Å². The van der Waals surface area contributed by atoms with Gasteiger partial charge in [0.2, 0.25) is 5.91 Å². The summed E-state index contributed by atoms with van der Waals surface area (Å²) < 4.78 is 13.8. The van der Waals surface area contributed by atoms with Crippen LogP contribution in [-0.4, -0.2) is 34.1 Å². The molecule has 37 heavy (non-hydrogen) atoms. The first-order chi connectivity index (χ1) is 17.7. The number of amides is 1. The van der Waals surface area contributed by atoms with Gasteiger partial charge in [0, 0.05) is 40.9 Å². The molecule has 0 saturated carbocycles. The van der Waals surface area contributed by atoms with E-state index in [9.17, 15) is 24.1 Å². The van der Waals surface area contributed by atoms with Gasteiger partial charge in [0.25, 0.3) is 5.69 Å². The molecule has 3 heterocycles. The zero-order chi connectivity index (χ0) is 26.1. The number of non-ortho nitro benzene ring substituents is 1. The Bertz CT molecular complexity index is 1450. The number of Topliss-reactive ketones (excluding diaryl/α,β-unsaturated/α-hetero) is 1. The SMILES string of the molecule is Cc1cc(C)c2c(c1)[C@]1(C(=O)N2)C(C(=O)c2ccc(F)cc2)C(c2ccc([N+](=O)[O-])cc2)C2CCCN21. The molecule has 4 atom stereocenters. The number of fused-ring (bicyclic) bond motifs is 4. The number of rotatable bonds is 4. The fourth-order valence-electron chi connectivity index (χ4n) is 7.00. The molecule has 0 aliphatic carbocycles. The molecule has 3 aliphatic heterocycles. The summed E-state index contributed by atoms with van der Waals surface area (Å²) in [6.45, 7) is 4.58. The first-order valence-electron chi connectivity index (χ1n) is 12.5. The second-order valence-electron chi connectivity index (χ2n) is 10.4. The van der Waals surface area contributed by atoms with E-state index in [0.29, 0.717) is 12.1 Å². The van der Waals surface area contributed by atoms with Crippen LogP contribution in [0.2, 0.25) is 0 Å². The van der Waals surface area contributed by atoms with Gasteiger partial charge in [0.15, 0.2) is 5.78 Å². The van der Waals surface area contributed by atoms with Crippen LogP contribution in [0.4, 0.5) is 15.8 Å². The van der Waals surface area contributed by atoms with Crippen molar-refractivity contribution >= 4 is 23.1 Å². The summed E-state index contributed by atoms with van der Waals surface area (Å²) in [7, 11) is 0. The molecule has 7 nitrogen and oxygen atoms in total. The number of benzene rings is 3. The van der Waals surface area contributed by atoms with Crippen molar-refractivity contribution in [3.63, 3.8) is 0 Å². The Morgan fingerprint density at radius 3 is 2.49 bits per heavy atom. The number of anilines is 1. The number of aryl methyl sites for hydroxylation is 2. The molecular weight excluding hydrogens is 473 g/mol. The number of carbonyl (C=O) groups excluding carboxylic acids is 2. The van der Waals surface area contributed by atoms with Crippen molar-refractivity contribution in [1.82, 2.24) is 4.90 Å². The van der Waals surface area contributed by atoms with Crippen molar-refractivity contribution in [2.75, 3.05) is 11.9 Å². The Kier molecular flexibility index (Phi) is 5.28. The average molecular weight is 500 g/mol. The number of nitro groups is 1. The van der Waals surface area contributed by atoms with Crippen LogP contribution in [0.1, 0.15) is 51.4 Å². The summed E-state index contributed by atoms with van der Waals surface area (Å²) in [6, 6.07) is 15.7. The fraction of sp³-hybridized carbons (Fsp3) is 0.310. The Morgan fingerprint density at radius 2 is 1.81 bits per heavy atom. The minimum Gasteiger partial charge on any atom is -0.324 e. The third-order valence-electron chi connectivity index (χ3n) is 8.35. The highest BCUT2D eigenvalue weighted by Crippen LogP contribution is 2.61. The molecule has 3 aromatic carbocycles. The smallest absolute Gasteiger partial charge is 0.269 e. The Morgan fingerprint density at radius 1 is 1.11 bits per heavy atom. The second kappa shape index (κ2) is 8.31. The van der Waals surface area contributed by atoms with Crippen LogP contribution in [-0.2, 0) is 10.3 Å². The van der Waals surface area contributed by atoms with Crippen molar-refractivity contribution in [1.29, 1.82) is 0 Å². The number of carbonyl (C=O) groups is 2. The van der Waals surface area contributed by atoms with E-state index < -0.39 is 22.2 Å². The summed E-state index contributed by atoms with van der Waals surface area (Å²) in [4.78, 5) is 41.6. The summed E-state index contributed by atoms with van der Waals surface area (Å²) in [5.41, 5.74) is 3.32. The van der Waals surface area contributed by atoms with Gasteiger partial charge in [0.05, 0.1) is 10.8 Å². The van der Waals surface area contributed by atoms with Gasteiger partial charge >= 0.3 is 0 Å². The molecule has 3 aliphatic rings. The van der Waals surface area contributed by atoms with Gasteiger partial charge in [-0.25, -0.2) is 4.39 Å². The van der Waals surface area contributed by atoms with Gasteiger partial charge in [-0.2, -0.15) is 0 Å². The molecule has 188 valence electrons. The Labute approximate surface area is 213 Å². The third kappa shape index (κ3) is 3.28. The first-order valence-corrected chi connectivity index (χ1v) is 12.5. The largest absolute Gasteiger partial charge is 0.324 e. The Hall–Kier alpha value is -3.91. The van der Waals surface area contributed by atoms with Crippen LogP contribution in [0.25, 0.3) is 0 Å². The minimum atomic E-state index is -1.23. The average Bonchev–Trinajstić information content (AvgIpc) is 3.53. The van der Waals surface area contributed by atoms with Crippen molar-refractivity contribution < 1.29 is 18.9 Å². The van der Waals surface area contributed by atoms with Crippen molar-refractivity contribution in [2.45, 2.75) is 44.2 Å². The van der Waals surface area contributed by atoms with Crippen LogP contribution in [0.15, 0.2) is 60.7 Å². The summed E-state index contributed by atoms with van der Waals surface area (Å²) in [5.74, 6) is -2.08. The van der Waals surface area contributed by atoms with E-state index in [1.807, 2.05) is 26.0 Å². The number of hydrogen-bond donors (Lipinski definition) is 1. The Balaban J connectivity index is 1.61. The molecule has 0 aromatic heterocycles. The van der Waals surface area contributed by atoms with Gasteiger partial charge in [0.1, 0.15) is 11.4 Å². The topological polar surface area (TPSA) is 92.5 Å². The summed E-state index contributed by atoms with van der Waals surface area (Å²) in [5, 5.41) is 14.4. The highest BCUT2D eigenvalue weighted by Gasteiger charge is 2.69. The van der Waals surface area contributed by atoms with E-state index in [1.54, 1.807) is 12.1 Å². The molecule has 3 aromatic rings. The molecule has 6 rings (SSSR count). The van der Waals surface area contributed by atoms with Gasteiger partial charge in [-0.3, -0.25) is 24.6 Å². The van der Waals surface area contributed by atoms with Crippen LogP contribution in [0.5, 0.6) is 0 Å². The maximum Gasteiger partial charge on any atom is 0.269 e. The standard InChI is InChI=1S/C29H26FN3O4/c1-16-14-17(2)26-22(15-16)29(28(35)31-26)25(27(34)19-5-9-20(30)10-6-19)24(23-4-3-13-32(23)29)18-7-11-21(12-8-18)33(36)37/h5-12,14-15,23-25H,3-4,13H2,1-2H3,(H,31,35)/t23?,24?,25?,29-/m1/s1. The fourth-order valence-corrected chi connectivity index (χ4v) is 7.00. The molecule has 2 saturated heterocycles. The molecule has 1 amide bonds. The second-order valence-corrected chi connectivity index (χ2v) is 10.4. The molecule has 1 N–H and O–H groups in total. The normalized spacial score (nSPS) is 26.2. The lowest BCUT2D eigenvalue weighted by molar-refractivity contribution is -0.384. The predicted octanol–water partition coefficient (Wildman–Crippen LogP) is 5.26. The molecule has 1 spiro atoms. The molecule has 8 heteroatoms. The third-order valence-corrected chi connectivity index (χ3v) is 8.35. The molecule has 0 radical (unpaired) electrons. The maximum atomic E-state index is 14.4. The molecular formula is C29H26FN3O4. The summed E-state index contributed by atoms with van der Waals surface area (Å²) in [6.07, 6.45) is 1.67.